The Hall–Kier alpha value is -0.840. The highest BCUT2D eigenvalue weighted by atomic mass is 16.3. The summed E-state index contributed by atoms with van der Waals surface area (Å²) in [6, 6.07) is 2.77. The van der Waals surface area contributed by atoms with Crippen molar-refractivity contribution in [2.45, 2.75) is 39.4 Å². The quantitative estimate of drug-likeness (QED) is 0.851. The molecule has 1 aliphatic rings. The van der Waals surface area contributed by atoms with Gasteiger partial charge in [0.05, 0.1) is 12.8 Å². The molecule has 1 aromatic rings. The van der Waals surface area contributed by atoms with Crippen molar-refractivity contribution in [1.82, 2.24) is 15.1 Å². The van der Waals surface area contributed by atoms with Crippen molar-refractivity contribution in [3.63, 3.8) is 0 Å². The van der Waals surface area contributed by atoms with Gasteiger partial charge in [-0.05, 0) is 26.1 Å². The van der Waals surface area contributed by atoms with Gasteiger partial charge in [-0.1, -0.05) is 13.8 Å². The van der Waals surface area contributed by atoms with Crippen LogP contribution in [0, 0.1) is 0 Å². The van der Waals surface area contributed by atoms with Crippen molar-refractivity contribution in [3.8, 4) is 0 Å². The van der Waals surface area contributed by atoms with Crippen LogP contribution in [0.15, 0.2) is 16.7 Å². The minimum Gasteiger partial charge on any atom is -0.468 e. The van der Waals surface area contributed by atoms with Gasteiger partial charge in [-0.3, -0.25) is 4.90 Å². The van der Waals surface area contributed by atoms with Crippen LogP contribution < -0.4 is 5.32 Å². The molecule has 1 unspecified atom stereocenters. The average Bonchev–Trinajstić information content (AvgIpc) is 2.86. The van der Waals surface area contributed by atoms with E-state index in [0.717, 1.165) is 45.0 Å². The molecule has 0 saturated carbocycles. The molecule has 4 heteroatoms. The van der Waals surface area contributed by atoms with E-state index < -0.39 is 0 Å². The lowest BCUT2D eigenvalue weighted by molar-refractivity contribution is 0.0833. The lowest BCUT2D eigenvalue weighted by Gasteiger charge is -2.38. The second-order valence-electron chi connectivity index (χ2n) is 5.43. The molecule has 0 spiro atoms. The molecule has 2 rings (SSSR count). The number of piperazine rings is 1. The lowest BCUT2D eigenvalue weighted by Crippen LogP contribution is -2.50. The fourth-order valence-corrected chi connectivity index (χ4v) is 2.72. The normalized spacial score (nSPS) is 21.9. The van der Waals surface area contributed by atoms with E-state index in [-0.39, 0.29) is 0 Å². The van der Waals surface area contributed by atoms with E-state index in [0.29, 0.717) is 6.04 Å². The summed E-state index contributed by atoms with van der Waals surface area (Å²) < 4.78 is 5.66. The molecule has 1 aliphatic heterocycles. The number of furan rings is 1. The van der Waals surface area contributed by atoms with Crippen LogP contribution in [-0.2, 0) is 13.1 Å². The maximum absolute atomic E-state index is 5.66. The van der Waals surface area contributed by atoms with Crippen LogP contribution in [0.2, 0.25) is 0 Å². The number of rotatable bonds is 6. The Kier molecular flexibility index (Phi) is 5.43. The predicted octanol–water partition coefficient (Wildman–Crippen LogP) is 1.92. The highest BCUT2D eigenvalue weighted by Crippen LogP contribution is 2.17. The van der Waals surface area contributed by atoms with Crippen molar-refractivity contribution in [2.75, 3.05) is 33.2 Å². The van der Waals surface area contributed by atoms with Gasteiger partial charge in [0.2, 0.25) is 0 Å². The van der Waals surface area contributed by atoms with Gasteiger partial charge >= 0.3 is 0 Å². The molecule has 0 amide bonds. The van der Waals surface area contributed by atoms with Gasteiger partial charge in [-0.25, -0.2) is 0 Å². The molecular weight excluding hydrogens is 238 g/mol. The smallest absolute Gasteiger partial charge is 0.122 e. The van der Waals surface area contributed by atoms with Crippen LogP contribution in [0.4, 0.5) is 0 Å². The number of nitrogens with zero attached hydrogens (tertiary/aromatic N) is 2. The van der Waals surface area contributed by atoms with Gasteiger partial charge in [0.15, 0.2) is 0 Å². The molecule has 0 bridgehead atoms. The molecule has 0 aliphatic carbocycles. The molecule has 108 valence electrons. The van der Waals surface area contributed by atoms with Gasteiger partial charge in [0, 0.05) is 37.8 Å². The first-order chi connectivity index (χ1) is 9.24. The Morgan fingerprint density at radius 3 is 2.95 bits per heavy atom. The minimum absolute atomic E-state index is 0.681. The second kappa shape index (κ2) is 7.08. The molecule has 1 atom stereocenters. The molecule has 0 aromatic carbocycles. The standard InChI is InChI=1S/C15H27N3O/c1-4-14-11-18(8-7-17(14)3)12-15-13(6-9-19-15)10-16-5-2/h6,9,14,16H,4-5,7-8,10-12H2,1-3H3. The molecule has 0 radical (unpaired) electrons. The fourth-order valence-electron chi connectivity index (χ4n) is 2.72. The van der Waals surface area contributed by atoms with Crippen LogP contribution in [-0.4, -0.2) is 49.1 Å². The summed E-state index contributed by atoms with van der Waals surface area (Å²) in [4.78, 5) is 4.99. The van der Waals surface area contributed by atoms with Gasteiger partial charge in [-0.15, -0.1) is 0 Å². The van der Waals surface area contributed by atoms with Crippen LogP contribution in [0.1, 0.15) is 31.6 Å². The van der Waals surface area contributed by atoms with Crippen molar-refractivity contribution in [1.29, 1.82) is 0 Å². The van der Waals surface area contributed by atoms with Gasteiger partial charge in [0.25, 0.3) is 0 Å². The summed E-state index contributed by atoms with van der Waals surface area (Å²) in [6.07, 6.45) is 3.03. The molecule has 2 heterocycles. The zero-order chi connectivity index (χ0) is 13.7. The molecule has 1 aromatic heterocycles. The third-order valence-corrected chi connectivity index (χ3v) is 4.10. The van der Waals surface area contributed by atoms with E-state index in [1.807, 2.05) is 6.26 Å². The maximum Gasteiger partial charge on any atom is 0.122 e. The van der Waals surface area contributed by atoms with Crippen LogP contribution in [0.3, 0.4) is 0 Å². The van der Waals surface area contributed by atoms with Gasteiger partial charge < -0.3 is 14.6 Å². The van der Waals surface area contributed by atoms with E-state index in [9.17, 15) is 0 Å². The predicted molar refractivity (Wildman–Crippen MR) is 78.1 cm³/mol. The number of hydrogen-bond donors (Lipinski definition) is 1. The summed E-state index contributed by atoms with van der Waals surface area (Å²) in [5.74, 6) is 1.13. The summed E-state index contributed by atoms with van der Waals surface area (Å²) in [5, 5.41) is 3.37. The Labute approximate surface area is 116 Å². The highest BCUT2D eigenvalue weighted by Gasteiger charge is 2.23. The molecule has 1 N–H and O–H groups in total. The zero-order valence-electron chi connectivity index (χ0n) is 12.5. The van der Waals surface area contributed by atoms with Crippen molar-refractivity contribution >= 4 is 0 Å². The van der Waals surface area contributed by atoms with Crippen molar-refractivity contribution in [2.24, 2.45) is 0 Å². The topological polar surface area (TPSA) is 31.7 Å². The SMILES string of the molecule is CCNCc1ccoc1CN1CCN(C)C(CC)C1. The Morgan fingerprint density at radius 2 is 2.21 bits per heavy atom. The highest BCUT2D eigenvalue weighted by molar-refractivity contribution is 5.17. The minimum atomic E-state index is 0.681. The monoisotopic (exact) mass is 265 g/mol. The largest absolute Gasteiger partial charge is 0.468 e. The average molecular weight is 265 g/mol. The number of hydrogen-bond acceptors (Lipinski definition) is 4. The van der Waals surface area contributed by atoms with E-state index in [2.05, 4.69) is 42.1 Å². The molecule has 1 fully saturated rings. The first kappa shape index (κ1) is 14.6. The lowest BCUT2D eigenvalue weighted by atomic mass is 10.1. The van der Waals surface area contributed by atoms with Crippen LogP contribution in [0.5, 0.6) is 0 Å². The Bertz CT molecular complexity index is 377. The maximum atomic E-state index is 5.66. The summed E-state index contributed by atoms with van der Waals surface area (Å²) >= 11 is 0. The number of likely N-dealkylation sites (N-methyl/N-ethyl adjacent to an activating group) is 1. The molecular formula is C15H27N3O. The van der Waals surface area contributed by atoms with E-state index in [1.165, 1.54) is 12.0 Å². The Balaban J connectivity index is 1.92. The van der Waals surface area contributed by atoms with E-state index >= 15 is 0 Å². The van der Waals surface area contributed by atoms with Crippen LogP contribution >= 0.6 is 0 Å². The van der Waals surface area contributed by atoms with E-state index in [4.69, 9.17) is 4.42 Å². The summed E-state index contributed by atoms with van der Waals surface area (Å²) in [6.45, 7) is 10.7. The zero-order valence-corrected chi connectivity index (χ0v) is 12.5. The Morgan fingerprint density at radius 1 is 1.37 bits per heavy atom. The molecule has 4 nitrogen and oxygen atoms in total. The number of nitrogens with one attached hydrogen (secondary N) is 1. The van der Waals surface area contributed by atoms with Crippen molar-refractivity contribution in [3.05, 3.63) is 23.7 Å². The summed E-state index contributed by atoms with van der Waals surface area (Å²) in [5.41, 5.74) is 1.30. The van der Waals surface area contributed by atoms with Gasteiger partial charge in [-0.2, -0.15) is 0 Å². The third kappa shape index (κ3) is 3.81. The first-order valence-corrected chi connectivity index (χ1v) is 7.43. The van der Waals surface area contributed by atoms with Gasteiger partial charge in [0.1, 0.15) is 5.76 Å². The molecule has 19 heavy (non-hydrogen) atoms. The third-order valence-electron chi connectivity index (χ3n) is 4.10. The van der Waals surface area contributed by atoms with Crippen molar-refractivity contribution < 1.29 is 4.42 Å². The summed E-state index contributed by atoms with van der Waals surface area (Å²) in [7, 11) is 2.23. The fraction of sp³-hybridized carbons (Fsp3) is 0.733. The molecule has 1 saturated heterocycles. The van der Waals surface area contributed by atoms with E-state index in [1.54, 1.807) is 0 Å². The first-order valence-electron chi connectivity index (χ1n) is 7.43. The second-order valence-corrected chi connectivity index (χ2v) is 5.43. The van der Waals surface area contributed by atoms with Crippen LogP contribution in [0.25, 0.3) is 0 Å².